The molecule has 0 amide bonds. The van der Waals surface area contributed by atoms with Gasteiger partial charge in [-0.25, -0.2) is 9.59 Å². The first-order chi connectivity index (χ1) is 16.3. The van der Waals surface area contributed by atoms with Crippen molar-refractivity contribution in [3.63, 3.8) is 0 Å². The molecule has 8 nitrogen and oxygen atoms in total. The van der Waals surface area contributed by atoms with E-state index < -0.39 is 11.9 Å². The fraction of sp³-hybridized carbons (Fsp3) is 0.280. The highest BCUT2D eigenvalue weighted by molar-refractivity contribution is 7.99. The first-order valence-corrected chi connectivity index (χ1v) is 11.5. The highest BCUT2D eigenvalue weighted by atomic mass is 32.2. The molecule has 0 aromatic heterocycles. The average Bonchev–Trinajstić information content (AvgIpc) is 2.99. The summed E-state index contributed by atoms with van der Waals surface area (Å²) in [6, 6.07) is 12.8. The second-order valence-electron chi connectivity index (χ2n) is 7.67. The number of hydrogen-bond acceptors (Lipinski definition) is 7. The van der Waals surface area contributed by atoms with Gasteiger partial charge in [-0.05, 0) is 36.9 Å². The minimum Gasteiger partial charge on any atom is -0.493 e. The number of carbonyl (C=O) groups is 2. The summed E-state index contributed by atoms with van der Waals surface area (Å²) in [5.41, 5.74) is 3.75. The molecule has 0 spiro atoms. The third kappa shape index (κ3) is 6.33. The van der Waals surface area contributed by atoms with E-state index >= 15 is 0 Å². The predicted molar refractivity (Wildman–Crippen MR) is 131 cm³/mol. The van der Waals surface area contributed by atoms with Crippen molar-refractivity contribution in [3.05, 3.63) is 59.7 Å². The van der Waals surface area contributed by atoms with Crippen molar-refractivity contribution in [2.24, 2.45) is 0 Å². The number of carboxylic acid groups (broad SMARTS) is 2. The van der Waals surface area contributed by atoms with E-state index in [0.29, 0.717) is 12.2 Å². The topological polar surface area (TPSA) is 99.5 Å². The molecule has 0 radical (unpaired) electrons. The number of piperazine rings is 1. The smallest absolute Gasteiger partial charge is 0.328 e. The Labute approximate surface area is 203 Å². The minimum atomic E-state index is -1.26. The fourth-order valence-electron chi connectivity index (χ4n) is 3.63. The molecule has 4 rings (SSSR count). The van der Waals surface area contributed by atoms with Gasteiger partial charge in [0.1, 0.15) is 0 Å². The van der Waals surface area contributed by atoms with Crippen LogP contribution in [0.4, 0.5) is 0 Å². The van der Waals surface area contributed by atoms with Gasteiger partial charge >= 0.3 is 11.9 Å². The van der Waals surface area contributed by atoms with Crippen LogP contribution in [0, 0.1) is 0 Å². The van der Waals surface area contributed by atoms with E-state index in [9.17, 15) is 9.59 Å². The predicted octanol–water partition coefficient (Wildman–Crippen LogP) is 3.63. The standard InChI is InChI=1S/C21H24N2O2S.C4H4O4/c1-22-8-10-23(11-9-22)17-12-15-6-4-5-7-20(15)26-21-14-19(25-3)18(24-2)13-16(17)21;5-3(6)1-2-4(7)8/h4-7,12-14H,8-11H2,1-3H3;1-2H,(H,5,6)(H,7,8)/b;2-1+. The summed E-state index contributed by atoms with van der Waals surface area (Å²) in [7, 11) is 5.57. The van der Waals surface area contributed by atoms with Crippen LogP contribution in [0.25, 0.3) is 11.8 Å². The Bertz CT molecular complexity index is 1090. The van der Waals surface area contributed by atoms with Gasteiger partial charge in [0.25, 0.3) is 0 Å². The third-order valence-corrected chi connectivity index (χ3v) is 6.55. The molecule has 2 aliphatic rings. The molecule has 0 atom stereocenters. The van der Waals surface area contributed by atoms with E-state index in [1.165, 1.54) is 26.6 Å². The molecule has 0 bridgehead atoms. The molecule has 0 unspecified atom stereocenters. The van der Waals surface area contributed by atoms with Gasteiger partial charge in [-0.15, -0.1) is 0 Å². The number of methoxy groups -OCH3 is 2. The van der Waals surface area contributed by atoms with Gasteiger partial charge < -0.3 is 29.5 Å². The lowest BCUT2D eigenvalue weighted by Gasteiger charge is -2.36. The van der Waals surface area contributed by atoms with Gasteiger partial charge in [-0.1, -0.05) is 30.0 Å². The quantitative estimate of drug-likeness (QED) is 0.616. The van der Waals surface area contributed by atoms with Gasteiger partial charge in [0.05, 0.1) is 14.2 Å². The first-order valence-electron chi connectivity index (χ1n) is 10.6. The Balaban J connectivity index is 0.000000350. The number of nitrogens with zero attached hydrogens (tertiary/aromatic N) is 2. The highest BCUT2D eigenvalue weighted by Crippen LogP contribution is 2.45. The van der Waals surface area contributed by atoms with E-state index in [0.717, 1.165) is 37.7 Å². The van der Waals surface area contributed by atoms with E-state index in [1.807, 2.05) is 0 Å². The van der Waals surface area contributed by atoms with Crippen LogP contribution < -0.4 is 9.47 Å². The van der Waals surface area contributed by atoms with Gasteiger partial charge in [0.15, 0.2) is 11.5 Å². The summed E-state index contributed by atoms with van der Waals surface area (Å²) >= 11 is 1.80. The Hall–Kier alpha value is -3.43. The van der Waals surface area contributed by atoms with Crippen LogP contribution in [0.5, 0.6) is 11.5 Å². The Morgan fingerprint density at radius 1 is 0.912 bits per heavy atom. The summed E-state index contributed by atoms with van der Waals surface area (Å²) < 4.78 is 11.1. The number of fused-ring (bicyclic) bond motifs is 2. The van der Waals surface area contributed by atoms with Crippen molar-refractivity contribution in [3.8, 4) is 11.5 Å². The molecule has 2 N–H and O–H groups in total. The second-order valence-corrected chi connectivity index (χ2v) is 8.76. The zero-order chi connectivity index (χ0) is 24.7. The van der Waals surface area contributed by atoms with Crippen LogP contribution in [-0.2, 0) is 9.59 Å². The zero-order valence-electron chi connectivity index (χ0n) is 19.4. The molecule has 2 aromatic rings. The minimum absolute atomic E-state index is 0.558. The molecule has 9 heteroatoms. The molecule has 34 heavy (non-hydrogen) atoms. The number of rotatable bonds is 5. The van der Waals surface area contributed by atoms with Gasteiger partial charge in [0.2, 0.25) is 0 Å². The number of hydrogen-bond donors (Lipinski definition) is 2. The van der Waals surface area contributed by atoms with E-state index in [1.54, 1.807) is 26.0 Å². The number of aliphatic carboxylic acids is 2. The molecule has 1 fully saturated rings. The molecule has 180 valence electrons. The Morgan fingerprint density at radius 2 is 1.50 bits per heavy atom. The summed E-state index contributed by atoms with van der Waals surface area (Å²) in [4.78, 5) is 26.5. The largest absolute Gasteiger partial charge is 0.493 e. The van der Waals surface area contributed by atoms with Crippen LogP contribution in [0.3, 0.4) is 0 Å². The maximum atomic E-state index is 9.55. The molecule has 2 heterocycles. The summed E-state index contributed by atoms with van der Waals surface area (Å²) in [6.07, 6.45) is 3.44. The number of benzene rings is 2. The van der Waals surface area contributed by atoms with E-state index in [2.05, 4.69) is 59.3 Å². The highest BCUT2D eigenvalue weighted by Gasteiger charge is 2.24. The van der Waals surface area contributed by atoms with Crippen molar-refractivity contribution in [1.29, 1.82) is 0 Å². The van der Waals surface area contributed by atoms with Crippen molar-refractivity contribution >= 4 is 35.5 Å². The lowest BCUT2D eigenvalue weighted by atomic mass is 10.1. The van der Waals surface area contributed by atoms with Gasteiger partial charge in [-0.3, -0.25) is 0 Å². The monoisotopic (exact) mass is 484 g/mol. The van der Waals surface area contributed by atoms with Crippen molar-refractivity contribution < 1.29 is 29.3 Å². The van der Waals surface area contributed by atoms with Crippen LogP contribution in [-0.4, -0.2) is 79.4 Å². The van der Waals surface area contributed by atoms with E-state index in [4.69, 9.17) is 19.7 Å². The lowest BCUT2D eigenvalue weighted by Crippen LogP contribution is -2.43. The van der Waals surface area contributed by atoms with Crippen LogP contribution >= 0.6 is 11.8 Å². The second kappa shape index (κ2) is 11.6. The number of ether oxygens (including phenoxy) is 2. The maximum Gasteiger partial charge on any atom is 0.328 e. The van der Waals surface area contributed by atoms with Crippen LogP contribution in [0.15, 0.2) is 58.3 Å². The molecule has 0 aliphatic carbocycles. The summed E-state index contributed by atoms with van der Waals surface area (Å²) in [6.45, 7) is 4.22. The third-order valence-electron chi connectivity index (χ3n) is 5.41. The molecule has 0 saturated carbocycles. The molecule has 2 aliphatic heterocycles. The zero-order valence-corrected chi connectivity index (χ0v) is 20.2. The molecule has 2 aromatic carbocycles. The fourth-order valence-corrected chi connectivity index (χ4v) is 4.70. The van der Waals surface area contributed by atoms with Crippen molar-refractivity contribution in [2.45, 2.75) is 9.79 Å². The van der Waals surface area contributed by atoms with Gasteiger partial charge in [0, 0.05) is 59.4 Å². The number of carboxylic acids is 2. The van der Waals surface area contributed by atoms with Crippen LogP contribution in [0.2, 0.25) is 0 Å². The summed E-state index contributed by atoms with van der Waals surface area (Å²) in [5.74, 6) is -0.964. The normalized spacial score (nSPS) is 15.3. The molecule has 1 saturated heterocycles. The maximum absolute atomic E-state index is 9.55. The van der Waals surface area contributed by atoms with Crippen LogP contribution in [0.1, 0.15) is 11.1 Å². The number of likely N-dealkylation sites (N-methyl/N-ethyl adjacent to an activating group) is 1. The Kier molecular flexibility index (Phi) is 8.61. The SMILES string of the molecule is COc1cc2c(cc1OC)C(N1CCN(C)CC1)=Cc1ccccc1S2.O=C(O)/C=C/C(=O)O. The molecular formula is C25H28N2O6S. The molecular weight excluding hydrogens is 456 g/mol. The average molecular weight is 485 g/mol. The Morgan fingerprint density at radius 3 is 2.09 bits per heavy atom. The van der Waals surface area contributed by atoms with E-state index in [-0.39, 0.29) is 0 Å². The van der Waals surface area contributed by atoms with Gasteiger partial charge in [-0.2, -0.15) is 0 Å². The summed E-state index contributed by atoms with van der Waals surface area (Å²) in [5, 5.41) is 15.6. The van der Waals surface area contributed by atoms with Crippen molar-refractivity contribution in [2.75, 3.05) is 47.4 Å². The lowest BCUT2D eigenvalue weighted by molar-refractivity contribution is -0.134. The van der Waals surface area contributed by atoms with Crippen molar-refractivity contribution in [1.82, 2.24) is 9.80 Å². The first kappa shape index (κ1) is 25.2.